The van der Waals surface area contributed by atoms with Gasteiger partial charge in [-0.1, -0.05) is 67.4 Å². The van der Waals surface area contributed by atoms with Gasteiger partial charge >= 0.3 is 24.1 Å². The van der Waals surface area contributed by atoms with Crippen molar-refractivity contribution in [2.24, 2.45) is 29.4 Å². The summed E-state index contributed by atoms with van der Waals surface area (Å²) in [6.07, 6.45) is 1.74. The van der Waals surface area contributed by atoms with Gasteiger partial charge in [0.15, 0.2) is 11.5 Å². The van der Waals surface area contributed by atoms with Crippen molar-refractivity contribution in [2.45, 2.75) is 86.1 Å². The lowest BCUT2D eigenvalue weighted by Crippen LogP contribution is -2.51. The van der Waals surface area contributed by atoms with Gasteiger partial charge in [0, 0.05) is 12.8 Å². The van der Waals surface area contributed by atoms with E-state index in [1.807, 2.05) is 34.6 Å². The standard InChI is InChI=1S/C30H47NO9/c1-9-10-11-15-37-29(35)38-16-14-30(31,28(34)36-8)18-23-12-13-24(39-26(32)21(6)19(2)3)25(17-23)40-27(33)22(7)20(4)5/h12-13,17,19-22H,9-11,14-16,18,31H2,1-8H3/t21?,22?,30-/m1/s1. The number of methoxy groups -OCH3 is 1. The zero-order valence-corrected chi connectivity index (χ0v) is 25.2. The van der Waals surface area contributed by atoms with Gasteiger partial charge in [-0.15, -0.1) is 0 Å². The molecule has 10 heteroatoms. The van der Waals surface area contributed by atoms with Crippen molar-refractivity contribution < 1.29 is 42.9 Å². The molecule has 1 aromatic carbocycles. The van der Waals surface area contributed by atoms with Gasteiger partial charge < -0.3 is 29.4 Å². The second kappa shape index (κ2) is 16.8. The van der Waals surface area contributed by atoms with Crippen LogP contribution >= 0.6 is 0 Å². The Bertz CT molecular complexity index is 991. The van der Waals surface area contributed by atoms with E-state index in [4.69, 9.17) is 29.4 Å². The number of carbonyl (C=O) groups excluding carboxylic acids is 4. The van der Waals surface area contributed by atoms with E-state index >= 15 is 0 Å². The minimum Gasteiger partial charge on any atom is -0.468 e. The van der Waals surface area contributed by atoms with Crippen LogP contribution in [0.1, 0.15) is 79.7 Å². The first kappa shape index (κ1) is 34.9. The maximum atomic E-state index is 12.8. The fourth-order valence-electron chi connectivity index (χ4n) is 3.47. The van der Waals surface area contributed by atoms with Gasteiger partial charge in [0.05, 0.1) is 32.2 Å². The molecule has 0 bridgehead atoms. The smallest absolute Gasteiger partial charge is 0.468 e. The molecule has 0 radical (unpaired) electrons. The summed E-state index contributed by atoms with van der Waals surface area (Å²) in [5.41, 5.74) is 5.40. The van der Waals surface area contributed by atoms with Crippen molar-refractivity contribution in [2.75, 3.05) is 20.3 Å². The Labute approximate surface area is 238 Å². The first-order chi connectivity index (χ1) is 18.7. The molecule has 40 heavy (non-hydrogen) atoms. The van der Waals surface area contributed by atoms with E-state index in [-0.39, 0.29) is 55.3 Å². The van der Waals surface area contributed by atoms with Gasteiger partial charge in [-0.3, -0.25) is 14.4 Å². The minimum absolute atomic E-state index is 0.0250. The number of esters is 3. The quantitative estimate of drug-likeness (QED) is 0.161. The predicted molar refractivity (Wildman–Crippen MR) is 150 cm³/mol. The van der Waals surface area contributed by atoms with Crippen molar-refractivity contribution in [1.82, 2.24) is 0 Å². The lowest BCUT2D eigenvalue weighted by Gasteiger charge is -2.27. The van der Waals surface area contributed by atoms with Crippen LogP contribution < -0.4 is 15.2 Å². The molecule has 10 nitrogen and oxygen atoms in total. The highest BCUT2D eigenvalue weighted by Crippen LogP contribution is 2.32. The maximum absolute atomic E-state index is 12.8. The molecule has 0 heterocycles. The first-order valence-corrected chi connectivity index (χ1v) is 14.0. The number of hydrogen-bond donors (Lipinski definition) is 1. The summed E-state index contributed by atoms with van der Waals surface area (Å²) < 4.78 is 26.3. The lowest BCUT2D eigenvalue weighted by molar-refractivity contribution is -0.148. The van der Waals surface area contributed by atoms with E-state index in [0.717, 1.165) is 19.3 Å². The molecule has 1 rings (SSSR count). The van der Waals surface area contributed by atoms with E-state index in [9.17, 15) is 19.2 Å². The molecule has 0 aliphatic rings. The van der Waals surface area contributed by atoms with Crippen LogP contribution in [0.2, 0.25) is 0 Å². The fourth-order valence-corrected chi connectivity index (χ4v) is 3.47. The predicted octanol–water partition coefficient (Wildman–Crippen LogP) is 5.23. The SMILES string of the molecule is CCCCCOC(=O)OCC[C@@](N)(Cc1ccc(OC(=O)C(C)C(C)C)c(OC(=O)C(C)C(C)C)c1)C(=O)OC. The summed E-state index contributed by atoms with van der Waals surface area (Å²) in [7, 11) is 1.21. The molecule has 226 valence electrons. The van der Waals surface area contributed by atoms with Crippen LogP contribution in [0.4, 0.5) is 4.79 Å². The molecule has 0 saturated carbocycles. The number of nitrogens with two attached hydrogens (primary N) is 1. The highest BCUT2D eigenvalue weighted by atomic mass is 16.7. The third-order valence-electron chi connectivity index (χ3n) is 7.02. The Morgan fingerprint density at radius 1 is 0.825 bits per heavy atom. The van der Waals surface area contributed by atoms with Crippen LogP contribution in [0.25, 0.3) is 0 Å². The fraction of sp³-hybridized carbons (Fsp3) is 0.667. The van der Waals surface area contributed by atoms with Crippen molar-refractivity contribution in [3.05, 3.63) is 23.8 Å². The monoisotopic (exact) mass is 565 g/mol. The van der Waals surface area contributed by atoms with Gasteiger partial charge in [-0.25, -0.2) is 4.79 Å². The molecule has 2 N–H and O–H groups in total. The van der Waals surface area contributed by atoms with E-state index < -0.39 is 35.5 Å². The van der Waals surface area contributed by atoms with E-state index in [1.54, 1.807) is 19.9 Å². The molecule has 0 amide bonds. The maximum Gasteiger partial charge on any atom is 0.508 e. The van der Waals surface area contributed by atoms with Gasteiger partial charge in [-0.2, -0.15) is 0 Å². The third kappa shape index (κ3) is 11.2. The van der Waals surface area contributed by atoms with Crippen molar-refractivity contribution in [1.29, 1.82) is 0 Å². The minimum atomic E-state index is -1.56. The number of ether oxygens (including phenoxy) is 5. The Kier molecular flexibility index (Phi) is 14.7. The molecule has 0 aliphatic heterocycles. The van der Waals surface area contributed by atoms with Crippen molar-refractivity contribution in [3.63, 3.8) is 0 Å². The Morgan fingerprint density at radius 3 is 1.90 bits per heavy atom. The van der Waals surface area contributed by atoms with Gasteiger partial charge in [0.25, 0.3) is 0 Å². The summed E-state index contributed by atoms with van der Waals surface area (Å²) >= 11 is 0. The van der Waals surface area contributed by atoms with Crippen LogP contribution in [-0.4, -0.2) is 49.9 Å². The zero-order chi connectivity index (χ0) is 30.5. The van der Waals surface area contributed by atoms with Crippen LogP contribution in [0.5, 0.6) is 11.5 Å². The first-order valence-electron chi connectivity index (χ1n) is 14.0. The topological polar surface area (TPSA) is 140 Å². The number of benzene rings is 1. The summed E-state index contributed by atoms with van der Waals surface area (Å²) in [6.45, 7) is 13.2. The largest absolute Gasteiger partial charge is 0.508 e. The molecule has 0 spiro atoms. The van der Waals surface area contributed by atoms with Crippen LogP contribution in [0.15, 0.2) is 18.2 Å². The lowest BCUT2D eigenvalue weighted by atomic mass is 9.88. The van der Waals surface area contributed by atoms with Crippen molar-refractivity contribution in [3.8, 4) is 11.5 Å². The number of hydrogen-bond acceptors (Lipinski definition) is 10. The molecular weight excluding hydrogens is 518 g/mol. The second-order valence-corrected chi connectivity index (χ2v) is 10.9. The summed E-state index contributed by atoms with van der Waals surface area (Å²) in [5.74, 6) is -2.25. The molecule has 0 fully saturated rings. The summed E-state index contributed by atoms with van der Waals surface area (Å²) in [6, 6.07) is 4.64. The Balaban J connectivity index is 3.16. The summed E-state index contributed by atoms with van der Waals surface area (Å²) in [5, 5.41) is 0. The normalized spacial score (nSPS) is 14.2. The van der Waals surface area contributed by atoms with E-state index in [0.29, 0.717) is 5.56 Å². The van der Waals surface area contributed by atoms with Crippen LogP contribution in [0, 0.1) is 23.7 Å². The summed E-state index contributed by atoms with van der Waals surface area (Å²) in [4.78, 5) is 50.0. The molecule has 1 aromatic rings. The third-order valence-corrected chi connectivity index (χ3v) is 7.02. The van der Waals surface area contributed by atoms with Gasteiger partial charge in [0.2, 0.25) is 0 Å². The van der Waals surface area contributed by atoms with Crippen molar-refractivity contribution >= 4 is 24.1 Å². The van der Waals surface area contributed by atoms with Crippen LogP contribution in [0.3, 0.4) is 0 Å². The van der Waals surface area contributed by atoms with E-state index in [1.165, 1.54) is 19.2 Å². The Morgan fingerprint density at radius 2 is 1.38 bits per heavy atom. The molecule has 0 aromatic heterocycles. The average molecular weight is 566 g/mol. The second-order valence-electron chi connectivity index (χ2n) is 10.9. The van der Waals surface area contributed by atoms with Gasteiger partial charge in [0.1, 0.15) is 5.54 Å². The molecular formula is C30H47NO9. The number of rotatable bonds is 16. The number of unbranched alkanes of at least 4 members (excludes halogenated alkanes) is 2. The molecule has 0 aliphatic carbocycles. The number of carbonyl (C=O) groups is 4. The van der Waals surface area contributed by atoms with Gasteiger partial charge in [-0.05, 0) is 36.0 Å². The Hall–Kier alpha value is -3.14. The molecule has 3 atom stereocenters. The highest BCUT2D eigenvalue weighted by Gasteiger charge is 2.36. The molecule has 2 unspecified atom stereocenters. The highest BCUT2D eigenvalue weighted by molar-refractivity contribution is 5.81. The zero-order valence-electron chi connectivity index (χ0n) is 25.2. The van der Waals surface area contributed by atoms with Crippen LogP contribution in [-0.2, 0) is 35.0 Å². The molecule has 0 saturated heterocycles. The average Bonchev–Trinajstić information content (AvgIpc) is 2.90. The van der Waals surface area contributed by atoms with E-state index in [2.05, 4.69) is 0 Å².